The second kappa shape index (κ2) is 7.70. The maximum atomic E-state index is 14.1. The molecule has 2 aromatic heterocycles. The van der Waals surface area contributed by atoms with Crippen molar-refractivity contribution in [2.45, 2.75) is 26.3 Å². The number of amides is 1. The fraction of sp³-hybridized carbons (Fsp3) is 0.273. The van der Waals surface area contributed by atoms with E-state index in [1.807, 2.05) is 0 Å². The zero-order valence-corrected chi connectivity index (χ0v) is 16.9. The third-order valence-electron chi connectivity index (χ3n) is 5.40. The van der Waals surface area contributed by atoms with E-state index >= 15 is 0 Å². The van der Waals surface area contributed by atoms with Gasteiger partial charge >= 0.3 is 0 Å². The number of hydrogen-bond acceptors (Lipinski definition) is 5. The molecule has 3 aromatic rings. The molecule has 4 rings (SSSR count). The standard InChI is InChI=1S/C22H22FN5O2/c1-13-9-18(26-22(24)25-13)21(30)28-8-7-19-16(12-28)11-15(20(29)27(19)2)10-14-5-3-4-6-17(14)23/h3-6,9,11H,7-8,10,12H2,1-2H3,(H2,24,25,26). The molecule has 2 N–H and O–H groups in total. The molecule has 0 bridgehead atoms. The van der Waals surface area contributed by atoms with Crippen LogP contribution in [-0.4, -0.2) is 31.9 Å². The lowest BCUT2D eigenvalue weighted by atomic mass is 9.99. The van der Waals surface area contributed by atoms with E-state index in [0.29, 0.717) is 36.3 Å². The first kappa shape index (κ1) is 19.8. The lowest BCUT2D eigenvalue weighted by Gasteiger charge is -2.30. The molecule has 154 valence electrons. The highest BCUT2D eigenvalue weighted by Crippen LogP contribution is 2.21. The van der Waals surface area contributed by atoms with Gasteiger partial charge in [0.2, 0.25) is 5.95 Å². The van der Waals surface area contributed by atoms with Gasteiger partial charge in [0.25, 0.3) is 11.5 Å². The second-order valence-corrected chi connectivity index (χ2v) is 7.50. The molecule has 0 atom stereocenters. The Hall–Kier alpha value is -3.55. The predicted octanol–water partition coefficient (Wildman–Crippen LogP) is 1.99. The summed E-state index contributed by atoms with van der Waals surface area (Å²) in [6.07, 6.45) is 0.745. The number of nitrogen functional groups attached to an aromatic ring is 1. The number of aromatic nitrogens is 3. The summed E-state index contributed by atoms with van der Waals surface area (Å²) < 4.78 is 15.7. The Bertz CT molecular complexity index is 1180. The number of fused-ring (bicyclic) bond motifs is 1. The molecular weight excluding hydrogens is 385 g/mol. The Labute approximate surface area is 173 Å². The minimum absolute atomic E-state index is 0.0605. The van der Waals surface area contributed by atoms with Crippen LogP contribution < -0.4 is 11.3 Å². The summed E-state index contributed by atoms with van der Waals surface area (Å²) in [6, 6.07) is 9.83. The van der Waals surface area contributed by atoms with Crippen LogP contribution in [0.15, 0.2) is 41.2 Å². The van der Waals surface area contributed by atoms with Crippen molar-refractivity contribution in [3.8, 4) is 0 Å². The van der Waals surface area contributed by atoms with Crippen LogP contribution in [0.5, 0.6) is 0 Å². The van der Waals surface area contributed by atoms with Crippen molar-refractivity contribution in [1.82, 2.24) is 19.4 Å². The minimum Gasteiger partial charge on any atom is -0.368 e. The number of anilines is 1. The number of hydrogen-bond donors (Lipinski definition) is 1. The van der Waals surface area contributed by atoms with Crippen molar-refractivity contribution in [3.05, 3.63) is 86.3 Å². The summed E-state index contributed by atoms with van der Waals surface area (Å²) in [5.41, 5.74) is 9.14. The van der Waals surface area contributed by atoms with Crippen molar-refractivity contribution in [1.29, 1.82) is 0 Å². The van der Waals surface area contributed by atoms with Crippen LogP contribution in [0.1, 0.15) is 38.6 Å². The molecule has 1 aliphatic heterocycles. The number of halogens is 1. The number of rotatable bonds is 3. The predicted molar refractivity (Wildman–Crippen MR) is 111 cm³/mol. The van der Waals surface area contributed by atoms with Gasteiger partial charge in [-0.05, 0) is 36.2 Å². The van der Waals surface area contributed by atoms with Crippen molar-refractivity contribution in [3.63, 3.8) is 0 Å². The van der Waals surface area contributed by atoms with Crippen LogP contribution in [0.25, 0.3) is 0 Å². The summed E-state index contributed by atoms with van der Waals surface area (Å²) >= 11 is 0. The van der Waals surface area contributed by atoms with Crippen LogP contribution in [0, 0.1) is 12.7 Å². The van der Waals surface area contributed by atoms with E-state index < -0.39 is 0 Å². The van der Waals surface area contributed by atoms with E-state index in [1.165, 1.54) is 6.07 Å². The van der Waals surface area contributed by atoms with Gasteiger partial charge in [-0.1, -0.05) is 18.2 Å². The third-order valence-corrected chi connectivity index (χ3v) is 5.40. The van der Waals surface area contributed by atoms with Gasteiger partial charge in [-0.25, -0.2) is 14.4 Å². The number of benzene rings is 1. The van der Waals surface area contributed by atoms with Gasteiger partial charge in [0.05, 0.1) is 0 Å². The number of carbonyl (C=O) groups is 1. The van der Waals surface area contributed by atoms with Gasteiger partial charge in [0.1, 0.15) is 11.5 Å². The summed E-state index contributed by atoms with van der Waals surface area (Å²) in [4.78, 5) is 35.5. The highest BCUT2D eigenvalue weighted by atomic mass is 19.1. The molecule has 1 aliphatic rings. The van der Waals surface area contributed by atoms with Crippen LogP contribution >= 0.6 is 0 Å². The van der Waals surface area contributed by atoms with E-state index in [4.69, 9.17) is 5.73 Å². The van der Waals surface area contributed by atoms with Gasteiger partial charge in [-0.15, -0.1) is 0 Å². The molecule has 1 amide bonds. The number of carbonyl (C=O) groups excluding carboxylic acids is 1. The molecule has 0 aliphatic carbocycles. The molecule has 3 heterocycles. The molecular formula is C22H22FN5O2. The van der Waals surface area contributed by atoms with Gasteiger partial charge < -0.3 is 15.2 Å². The molecule has 8 heteroatoms. The van der Waals surface area contributed by atoms with Crippen molar-refractivity contribution < 1.29 is 9.18 Å². The molecule has 0 fully saturated rings. The maximum Gasteiger partial charge on any atom is 0.272 e. The fourth-order valence-electron chi connectivity index (χ4n) is 3.91. The Morgan fingerprint density at radius 1 is 1.20 bits per heavy atom. The normalized spacial score (nSPS) is 13.2. The number of pyridine rings is 1. The SMILES string of the molecule is Cc1cc(C(=O)N2CCc3c(cc(Cc4ccccc4F)c(=O)n3C)C2)nc(N)n1. The second-order valence-electron chi connectivity index (χ2n) is 7.50. The smallest absolute Gasteiger partial charge is 0.272 e. The Balaban J connectivity index is 1.66. The molecule has 7 nitrogen and oxygen atoms in total. The Morgan fingerprint density at radius 2 is 1.97 bits per heavy atom. The zero-order valence-electron chi connectivity index (χ0n) is 16.9. The summed E-state index contributed by atoms with van der Waals surface area (Å²) in [5.74, 6) is -0.515. The summed E-state index contributed by atoms with van der Waals surface area (Å²) in [5, 5.41) is 0. The zero-order chi connectivity index (χ0) is 21.4. The average Bonchev–Trinajstić information content (AvgIpc) is 2.71. The molecule has 0 spiro atoms. The highest BCUT2D eigenvalue weighted by molar-refractivity contribution is 5.92. The van der Waals surface area contributed by atoms with E-state index in [2.05, 4.69) is 9.97 Å². The van der Waals surface area contributed by atoms with Crippen molar-refractivity contribution in [2.75, 3.05) is 12.3 Å². The molecule has 0 radical (unpaired) electrons. The lowest BCUT2D eigenvalue weighted by Crippen LogP contribution is -2.39. The van der Waals surface area contributed by atoms with Crippen LogP contribution in [0.2, 0.25) is 0 Å². The summed E-state index contributed by atoms with van der Waals surface area (Å²) in [6.45, 7) is 2.56. The number of nitrogens with two attached hydrogens (primary N) is 1. The first-order valence-electron chi connectivity index (χ1n) is 9.68. The quantitative estimate of drug-likeness (QED) is 0.717. The molecule has 30 heavy (non-hydrogen) atoms. The van der Waals surface area contributed by atoms with Gasteiger partial charge in [-0.3, -0.25) is 9.59 Å². The topological polar surface area (TPSA) is 94.1 Å². The van der Waals surface area contributed by atoms with E-state index in [-0.39, 0.29) is 35.3 Å². The Morgan fingerprint density at radius 3 is 2.70 bits per heavy atom. The number of nitrogens with zero attached hydrogens (tertiary/aromatic N) is 4. The highest BCUT2D eigenvalue weighted by Gasteiger charge is 2.26. The first-order valence-corrected chi connectivity index (χ1v) is 9.68. The molecule has 1 aromatic carbocycles. The first-order chi connectivity index (χ1) is 14.3. The average molecular weight is 407 g/mol. The summed E-state index contributed by atoms with van der Waals surface area (Å²) in [7, 11) is 1.72. The van der Waals surface area contributed by atoms with Gasteiger partial charge in [-0.2, -0.15) is 0 Å². The van der Waals surface area contributed by atoms with Gasteiger partial charge in [0, 0.05) is 49.9 Å². The number of aryl methyl sites for hydroxylation is 1. The molecule has 0 unspecified atom stereocenters. The third kappa shape index (κ3) is 3.68. The van der Waals surface area contributed by atoms with Crippen LogP contribution in [0.3, 0.4) is 0 Å². The van der Waals surface area contributed by atoms with E-state index in [9.17, 15) is 14.0 Å². The largest absolute Gasteiger partial charge is 0.368 e. The maximum absolute atomic E-state index is 14.1. The Kier molecular flexibility index (Phi) is 5.07. The molecule has 0 saturated carbocycles. The van der Waals surface area contributed by atoms with Crippen molar-refractivity contribution >= 4 is 11.9 Å². The van der Waals surface area contributed by atoms with Crippen LogP contribution in [-0.2, 0) is 26.4 Å². The van der Waals surface area contributed by atoms with E-state index in [1.54, 1.807) is 53.8 Å². The van der Waals surface area contributed by atoms with E-state index in [0.717, 1.165) is 11.3 Å². The monoisotopic (exact) mass is 407 g/mol. The lowest BCUT2D eigenvalue weighted by molar-refractivity contribution is 0.0726. The van der Waals surface area contributed by atoms with Crippen molar-refractivity contribution in [2.24, 2.45) is 7.05 Å². The van der Waals surface area contributed by atoms with Crippen LogP contribution in [0.4, 0.5) is 10.3 Å². The minimum atomic E-state index is -0.342. The molecule has 0 saturated heterocycles. The fourth-order valence-corrected chi connectivity index (χ4v) is 3.91. The van der Waals surface area contributed by atoms with Gasteiger partial charge in [0.15, 0.2) is 0 Å².